The molecular formula is C14H17NO5S. The van der Waals surface area contributed by atoms with Crippen LogP contribution in [0, 0.1) is 6.92 Å². The largest absolute Gasteiger partial charge is 0.497 e. The van der Waals surface area contributed by atoms with Crippen molar-refractivity contribution < 1.29 is 22.7 Å². The predicted molar refractivity (Wildman–Crippen MR) is 76.4 cm³/mol. The summed E-state index contributed by atoms with van der Waals surface area (Å²) in [4.78, 5) is 0.0365. The van der Waals surface area contributed by atoms with Gasteiger partial charge in [0.2, 0.25) is 10.0 Å². The van der Waals surface area contributed by atoms with Gasteiger partial charge in [-0.3, -0.25) is 0 Å². The lowest BCUT2D eigenvalue weighted by Crippen LogP contribution is -2.23. The topological polar surface area (TPSA) is 88.8 Å². The molecule has 2 N–H and O–H groups in total. The summed E-state index contributed by atoms with van der Waals surface area (Å²) in [5, 5.41) is 8.98. The Kier molecular flexibility index (Phi) is 4.66. The van der Waals surface area contributed by atoms with E-state index >= 15 is 0 Å². The van der Waals surface area contributed by atoms with Crippen LogP contribution in [0.1, 0.15) is 17.1 Å². The highest BCUT2D eigenvalue weighted by molar-refractivity contribution is 7.89. The lowest BCUT2D eigenvalue weighted by molar-refractivity contribution is 0.244. The molecule has 0 bridgehead atoms. The third-order valence-electron chi connectivity index (χ3n) is 2.97. The second-order valence-electron chi connectivity index (χ2n) is 4.47. The van der Waals surface area contributed by atoms with Crippen molar-refractivity contribution in [3.8, 4) is 5.75 Å². The predicted octanol–water partition coefficient (Wildman–Crippen LogP) is 1.57. The zero-order valence-corrected chi connectivity index (χ0v) is 12.6. The Labute approximate surface area is 123 Å². The van der Waals surface area contributed by atoms with Crippen molar-refractivity contribution in [2.45, 2.75) is 25.0 Å². The summed E-state index contributed by atoms with van der Waals surface area (Å²) in [6.45, 7) is 1.34. The van der Waals surface area contributed by atoms with Crippen molar-refractivity contribution in [2.24, 2.45) is 0 Å². The first kappa shape index (κ1) is 15.6. The number of sulfonamides is 1. The zero-order chi connectivity index (χ0) is 15.5. The van der Waals surface area contributed by atoms with Crippen LogP contribution in [0.4, 0.5) is 0 Å². The molecule has 0 atom stereocenters. The molecule has 114 valence electrons. The third kappa shape index (κ3) is 3.63. The molecule has 0 spiro atoms. The van der Waals surface area contributed by atoms with Gasteiger partial charge < -0.3 is 14.3 Å². The number of ether oxygens (including phenoxy) is 1. The number of nitrogens with one attached hydrogen (secondary N) is 1. The normalized spacial score (nSPS) is 11.6. The van der Waals surface area contributed by atoms with Gasteiger partial charge in [-0.05, 0) is 24.6 Å². The van der Waals surface area contributed by atoms with Crippen LogP contribution in [0.25, 0.3) is 0 Å². The zero-order valence-electron chi connectivity index (χ0n) is 11.8. The second kappa shape index (κ2) is 6.30. The van der Waals surface area contributed by atoms with Gasteiger partial charge in [-0.1, -0.05) is 12.1 Å². The van der Waals surface area contributed by atoms with Gasteiger partial charge in [-0.15, -0.1) is 0 Å². The van der Waals surface area contributed by atoms with Crippen LogP contribution in [0.15, 0.2) is 39.6 Å². The van der Waals surface area contributed by atoms with Crippen LogP contribution < -0.4 is 9.46 Å². The van der Waals surface area contributed by atoms with E-state index < -0.39 is 10.0 Å². The second-order valence-corrected chi connectivity index (χ2v) is 6.20. The number of benzene rings is 1. The first-order valence-electron chi connectivity index (χ1n) is 6.29. The first-order valence-corrected chi connectivity index (χ1v) is 7.77. The number of aliphatic hydroxyl groups is 1. The molecular weight excluding hydrogens is 294 g/mol. The van der Waals surface area contributed by atoms with Gasteiger partial charge >= 0.3 is 0 Å². The fraction of sp³-hybridized carbons (Fsp3) is 0.286. The molecule has 7 heteroatoms. The van der Waals surface area contributed by atoms with Gasteiger partial charge in [0.05, 0.1) is 7.11 Å². The van der Waals surface area contributed by atoms with E-state index in [0.717, 1.165) is 5.56 Å². The van der Waals surface area contributed by atoms with Crippen LogP contribution >= 0.6 is 0 Å². The standard InChI is InChI=1S/C14H17NO5S/c1-10-14(7-13(9-16)20-10)21(17,18)15-8-11-4-3-5-12(6-11)19-2/h3-7,15-16H,8-9H2,1-2H3. The van der Waals surface area contributed by atoms with E-state index in [1.165, 1.54) is 6.07 Å². The summed E-state index contributed by atoms with van der Waals surface area (Å²) < 4.78 is 37.2. The smallest absolute Gasteiger partial charge is 0.244 e. The third-order valence-corrected chi connectivity index (χ3v) is 4.48. The average Bonchev–Trinajstić information content (AvgIpc) is 2.87. The Balaban J connectivity index is 2.15. The van der Waals surface area contributed by atoms with E-state index in [-0.39, 0.29) is 29.6 Å². The number of methoxy groups -OCH3 is 1. The molecule has 0 saturated heterocycles. The van der Waals surface area contributed by atoms with Crippen molar-refractivity contribution in [3.63, 3.8) is 0 Å². The lowest BCUT2D eigenvalue weighted by Gasteiger charge is -2.07. The highest BCUT2D eigenvalue weighted by Gasteiger charge is 2.21. The van der Waals surface area contributed by atoms with Gasteiger partial charge in [0.25, 0.3) is 0 Å². The van der Waals surface area contributed by atoms with Gasteiger partial charge in [0.15, 0.2) is 0 Å². The van der Waals surface area contributed by atoms with Crippen LogP contribution in [0.3, 0.4) is 0 Å². The molecule has 1 aromatic carbocycles. The van der Waals surface area contributed by atoms with E-state index in [2.05, 4.69) is 4.72 Å². The minimum Gasteiger partial charge on any atom is -0.497 e. The lowest BCUT2D eigenvalue weighted by atomic mass is 10.2. The van der Waals surface area contributed by atoms with Crippen molar-refractivity contribution in [3.05, 3.63) is 47.4 Å². The summed E-state index contributed by atoms with van der Waals surface area (Å²) in [5.74, 6) is 1.13. The minimum absolute atomic E-state index is 0.0365. The molecule has 0 fully saturated rings. The van der Waals surface area contributed by atoms with Crippen LogP contribution in [-0.2, 0) is 23.2 Å². The monoisotopic (exact) mass is 311 g/mol. The molecule has 0 aliphatic carbocycles. The fourth-order valence-electron chi connectivity index (χ4n) is 1.91. The number of furan rings is 1. The Morgan fingerprint density at radius 3 is 2.71 bits per heavy atom. The van der Waals surface area contributed by atoms with Crippen LogP contribution in [-0.4, -0.2) is 20.6 Å². The number of rotatable bonds is 6. The summed E-state index contributed by atoms with van der Waals surface area (Å²) >= 11 is 0. The summed E-state index contributed by atoms with van der Waals surface area (Å²) in [6, 6.07) is 8.45. The van der Waals surface area contributed by atoms with Crippen molar-refractivity contribution >= 4 is 10.0 Å². The van der Waals surface area contributed by atoms with Gasteiger partial charge in [0, 0.05) is 12.6 Å². The molecule has 0 aliphatic rings. The Bertz CT molecular complexity index is 721. The van der Waals surface area contributed by atoms with Gasteiger partial charge in [-0.25, -0.2) is 13.1 Å². The number of hydrogen-bond donors (Lipinski definition) is 2. The minimum atomic E-state index is -3.69. The maximum atomic E-state index is 12.2. The summed E-state index contributed by atoms with van der Waals surface area (Å²) in [7, 11) is -2.14. The maximum absolute atomic E-state index is 12.2. The van der Waals surface area contributed by atoms with E-state index in [9.17, 15) is 8.42 Å². The molecule has 6 nitrogen and oxygen atoms in total. The molecule has 0 radical (unpaired) electrons. The molecule has 2 aromatic rings. The number of aliphatic hydroxyl groups excluding tert-OH is 1. The number of aryl methyl sites for hydroxylation is 1. The SMILES string of the molecule is COc1cccc(CNS(=O)(=O)c2cc(CO)oc2C)c1. The Morgan fingerprint density at radius 2 is 2.10 bits per heavy atom. The van der Waals surface area contributed by atoms with Crippen LogP contribution in [0.5, 0.6) is 5.75 Å². The molecule has 0 aliphatic heterocycles. The fourth-order valence-corrected chi connectivity index (χ4v) is 3.13. The van der Waals surface area contributed by atoms with Crippen LogP contribution in [0.2, 0.25) is 0 Å². The highest BCUT2D eigenvalue weighted by atomic mass is 32.2. The average molecular weight is 311 g/mol. The van der Waals surface area contributed by atoms with E-state index in [1.807, 2.05) is 0 Å². The maximum Gasteiger partial charge on any atom is 0.244 e. The van der Waals surface area contributed by atoms with Gasteiger partial charge in [-0.2, -0.15) is 0 Å². The Hall–Kier alpha value is -1.83. The summed E-state index contributed by atoms with van der Waals surface area (Å²) in [6.07, 6.45) is 0. The van der Waals surface area contributed by atoms with E-state index in [0.29, 0.717) is 5.75 Å². The first-order chi connectivity index (χ1) is 9.96. The molecule has 21 heavy (non-hydrogen) atoms. The quantitative estimate of drug-likeness (QED) is 0.845. The highest BCUT2D eigenvalue weighted by Crippen LogP contribution is 2.20. The molecule has 0 amide bonds. The molecule has 2 rings (SSSR count). The van der Waals surface area contributed by atoms with Crippen molar-refractivity contribution in [1.29, 1.82) is 0 Å². The Morgan fingerprint density at radius 1 is 1.33 bits per heavy atom. The number of hydrogen-bond acceptors (Lipinski definition) is 5. The molecule has 0 saturated carbocycles. The molecule has 1 aromatic heterocycles. The van der Waals surface area contributed by atoms with E-state index in [1.54, 1.807) is 38.3 Å². The summed E-state index contributed by atoms with van der Waals surface area (Å²) in [5.41, 5.74) is 0.779. The van der Waals surface area contributed by atoms with Crippen molar-refractivity contribution in [1.82, 2.24) is 4.72 Å². The van der Waals surface area contributed by atoms with Crippen molar-refractivity contribution in [2.75, 3.05) is 7.11 Å². The molecule has 1 heterocycles. The van der Waals surface area contributed by atoms with E-state index in [4.69, 9.17) is 14.3 Å². The van der Waals surface area contributed by atoms with Gasteiger partial charge in [0.1, 0.15) is 28.8 Å². The molecule has 0 unspecified atom stereocenters.